The summed E-state index contributed by atoms with van der Waals surface area (Å²) in [5.74, 6) is -0.228. The van der Waals surface area contributed by atoms with Crippen LogP contribution in [0, 0.1) is 0 Å². The molecule has 29 heavy (non-hydrogen) atoms. The number of ether oxygens (including phenoxy) is 1. The van der Waals surface area contributed by atoms with Crippen molar-refractivity contribution in [3.8, 4) is 0 Å². The molecule has 0 radical (unpaired) electrons. The van der Waals surface area contributed by atoms with Crippen LogP contribution in [-0.4, -0.2) is 29.2 Å². The molecule has 1 N–H and O–H groups in total. The second kappa shape index (κ2) is 10.9. The van der Waals surface area contributed by atoms with Gasteiger partial charge >= 0.3 is 5.97 Å². The third-order valence-corrected chi connectivity index (χ3v) is 5.88. The van der Waals surface area contributed by atoms with Gasteiger partial charge in [-0.1, -0.05) is 66.7 Å². The molecule has 0 aliphatic rings. The van der Waals surface area contributed by atoms with E-state index >= 15 is 0 Å². The van der Waals surface area contributed by atoms with Crippen molar-refractivity contribution in [1.29, 1.82) is 0 Å². The Morgan fingerprint density at radius 3 is 2.28 bits per heavy atom. The van der Waals surface area contributed by atoms with Crippen LogP contribution in [0.3, 0.4) is 0 Å². The van der Waals surface area contributed by atoms with E-state index in [4.69, 9.17) is 4.74 Å². The number of esters is 1. The second-order valence-corrected chi connectivity index (χ2v) is 7.79. The van der Waals surface area contributed by atoms with Gasteiger partial charge in [-0.05, 0) is 29.5 Å². The minimum Gasteiger partial charge on any atom is -0.466 e. The zero-order chi connectivity index (χ0) is 20.5. The van der Waals surface area contributed by atoms with Crippen LogP contribution in [0.5, 0.6) is 0 Å². The highest BCUT2D eigenvalue weighted by atomic mass is 32.1. The number of hydrogen-bond donors (Lipinski definition) is 1. The SMILES string of the molecule is CCOC(=O)C[C@@H](c1cccs1)N(Cc1ccccc1)[C@@H](CO)c1ccccc1. The first-order valence-corrected chi connectivity index (χ1v) is 10.8. The maximum Gasteiger partial charge on any atom is 0.307 e. The van der Waals surface area contributed by atoms with Gasteiger partial charge in [0.2, 0.25) is 0 Å². The van der Waals surface area contributed by atoms with Gasteiger partial charge in [0.15, 0.2) is 0 Å². The van der Waals surface area contributed by atoms with Gasteiger partial charge in [-0.15, -0.1) is 11.3 Å². The summed E-state index contributed by atoms with van der Waals surface area (Å²) in [4.78, 5) is 15.7. The molecule has 0 fully saturated rings. The van der Waals surface area contributed by atoms with Gasteiger partial charge < -0.3 is 9.84 Å². The van der Waals surface area contributed by atoms with Crippen LogP contribution in [-0.2, 0) is 16.1 Å². The fourth-order valence-corrected chi connectivity index (χ4v) is 4.40. The van der Waals surface area contributed by atoms with Gasteiger partial charge in [0.05, 0.1) is 31.7 Å². The van der Waals surface area contributed by atoms with Crippen molar-refractivity contribution in [3.63, 3.8) is 0 Å². The van der Waals surface area contributed by atoms with Crippen LogP contribution in [0.4, 0.5) is 0 Å². The van der Waals surface area contributed by atoms with E-state index in [-0.39, 0.29) is 31.1 Å². The van der Waals surface area contributed by atoms with Crippen molar-refractivity contribution in [3.05, 3.63) is 94.2 Å². The number of aliphatic hydroxyl groups excluding tert-OH is 1. The summed E-state index contributed by atoms with van der Waals surface area (Å²) in [7, 11) is 0. The van der Waals surface area contributed by atoms with Crippen molar-refractivity contribution in [1.82, 2.24) is 4.90 Å². The molecule has 0 saturated carbocycles. The van der Waals surface area contributed by atoms with Gasteiger partial charge in [-0.2, -0.15) is 0 Å². The Kier molecular flexibility index (Phi) is 7.99. The number of thiophene rings is 1. The summed E-state index contributed by atoms with van der Waals surface area (Å²) in [5.41, 5.74) is 2.16. The first-order valence-electron chi connectivity index (χ1n) is 9.87. The van der Waals surface area contributed by atoms with Crippen LogP contribution in [0.2, 0.25) is 0 Å². The van der Waals surface area contributed by atoms with E-state index in [0.29, 0.717) is 13.2 Å². The smallest absolute Gasteiger partial charge is 0.307 e. The molecule has 4 nitrogen and oxygen atoms in total. The van der Waals surface area contributed by atoms with Gasteiger partial charge in [0.1, 0.15) is 0 Å². The van der Waals surface area contributed by atoms with Crippen molar-refractivity contribution in [2.24, 2.45) is 0 Å². The molecular formula is C24H27NO3S. The third kappa shape index (κ3) is 5.76. The van der Waals surface area contributed by atoms with E-state index in [1.807, 2.05) is 73.0 Å². The van der Waals surface area contributed by atoms with E-state index in [0.717, 1.165) is 16.0 Å². The number of carbonyl (C=O) groups excluding carboxylic acids is 1. The summed E-state index contributed by atoms with van der Waals surface area (Å²) < 4.78 is 5.27. The standard InChI is InChI=1S/C24H27NO3S/c1-2-28-24(27)16-21(23-14-9-15-29-23)25(17-19-10-5-3-6-11-19)22(18-26)20-12-7-4-8-13-20/h3-15,21-22,26H,2,16-18H2,1H3/t21-,22-/m0/s1. The lowest BCUT2D eigenvalue weighted by Crippen LogP contribution is -2.35. The number of nitrogens with zero attached hydrogens (tertiary/aromatic N) is 1. The van der Waals surface area contributed by atoms with Crippen LogP contribution >= 0.6 is 11.3 Å². The van der Waals surface area contributed by atoms with Crippen LogP contribution < -0.4 is 0 Å². The molecule has 3 rings (SSSR count). The lowest BCUT2D eigenvalue weighted by Gasteiger charge is -2.37. The molecule has 0 saturated heterocycles. The molecular weight excluding hydrogens is 382 g/mol. The fourth-order valence-electron chi connectivity index (χ4n) is 3.55. The van der Waals surface area contributed by atoms with Gasteiger partial charge in [-0.25, -0.2) is 0 Å². The Bertz CT molecular complexity index is 852. The van der Waals surface area contributed by atoms with Crippen molar-refractivity contribution >= 4 is 17.3 Å². The fraction of sp³-hybridized carbons (Fsp3) is 0.292. The van der Waals surface area contributed by atoms with Crippen molar-refractivity contribution in [2.45, 2.75) is 32.0 Å². The Labute approximate surface area is 176 Å². The lowest BCUT2D eigenvalue weighted by atomic mass is 10.00. The Hall–Kier alpha value is -2.47. The molecule has 1 aromatic heterocycles. The van der Waals surface area contributed by atoms with Gasteiger partial charge in [0.25, 0.3) is 0 Å². The highest BCUT2D eigenvalue weighted by Gasteiger charge is 2.31. The average molecular weight is 410 g/mol. The summed E-state index contributed by atoms with van der Waals surface area (Å²) in [5, 5.41) is 12.4. The van der Waals surface area contributed by atoms with Crippen molar-refractivity contribution in [2.75, 3.05) is 13.2 Å². The van der Waals surface area contributed by atoms with Crippen molar-refractivity contribution < 1.29 is 14.6 Å². The minimum absolute atomic E-state index is 0.0401. The summed E-state index contributed by atoms with van der Waals surface area (Å²) in [6, 6.07) is 23.7. The van der Waals surface area contributed by atoms with Crippen LogP contribution in [0.15, 0.2) is 78.2 Å². The molecule has 0 aliphatic carbocycles. The molecule has 0 bridgehead atoms. The highest BCUT2D eigenvalue weighted by molar-refractivity contribution is 7.10. The Balaban J connectivity index is 2.01. The molecule has 0 amide bonds. The maximum absolute atomic E-state index is 12.4. The predicted octanol–water partition coefficient (Wildman–Crippen LogP) is 4.98. The minimum atomic E-state index is -0.238. The first-order chi connectivity index (χ1) is 14.2. The van der Waals surface area contributed by atoms with E-state index in [1.54, 1.807) is 11.3 Å². The highest BCUT2D eigenvalue weighted by Crippen LogP contribution is 2.36. The van der Waals surface area contributed by atoms with E-state index in [9.17, 15) is 9.90 Å². The predicted molar refractivity (Wildman–Crippen MR) is 117 cm³/mol. The molecule has 152 valence electrons. The van der Waals surface area contributed by atoms with Gasteiger partial charge in [-0.3, -0.25) is 9.69 Å². The number of hydrogen-bond acceptors (Lipinski definition) is 5. The van der Waals surface area contributed by atoms with E-state index < -0.39 is 0 Å². The molecule has 2 atom stereocenters. The van der Waals surface area contributed by atoms with Gasteiger partial charge in [0, 0.05) is 11.4 Å². The summed E-state index contributed by atoms with van der Waals surface area (Å²) in [6.07, 6.45) is 0.241. The molecule has 2 aromatic carbocycles. The lowest BCUT2D eigenvalue weighted by molar-refractivity contribution is -0.145. The van der Waals surface area contributed by atoms with E-state index in [2.05, 4.69) is 17.0 Å². The molecule has 3 aromatic rings. The number of benzene rings is 2. The Morgan fingerprint density at radius 2 is 1.69 bits per heavy atom. The monoisotopic (exact) mass is 409 g/mol. The molecule has 5 heteroatoms. The summed E-state index contributed by atoms with van der Waals surface area (Å²) >= 11 is 1.62. The quantitative estimate of drug-likeness (QED) is 0.480. The molecule has 0 unspecified atom stereocenters. The summed E-state index contributed by atoms with van der Waals surface area (Å²) in [6.45, 7) is 2.75. The number of carbonyl (C=O) groups is 1. The number of rotatable bonds is 10. The van der Waals surface area contributed by atoms with Crippen LogP contribution in [0.25, 0.3) is 0 Å². The topological polar surface area (TPSA) is 49.8 Å². The average Bonchev–Trinajstić information content (AvgIpc) is 3.28. The first kappa shape index (κ1) is 21.2. The zero-order valence-electron chi connectivity index (χ0n) is 16.6. The molecule has 0 aliphatic heterocycles. The third-order valence-electron chi connectivity index (χ3n) is 4.90. The Morgan fingerprint density at radius 1 is 1.00 bits per heavy atom. The van der Waals surface area contributed by atoms with E-state index in [1.165, 1.54) is 0 Å². The normalized spacial score (nSPS) is 13.2. The molecule has 1 heterocycles. The maximum atomic E-state index is 12.4. The zero-order valence-corrected chi connectivity index (χ0v) is 17.4. The molecule has 0 spiro atoms. The number of aliphatic hydroxyl groups is 1. The second-order valence-electron chi connectivity index (χ2n) is 6.81. The van der Waals surface area contributed by atoms with Crippen LogP contribution in [0.1, 0.15) is 41.4 Å². The largest absolute Gasteiger partial charge is 0.466 e.